The Labute approximate surface area is 115 Å². The fourth-order valence-corrected chi connectivity index (χ4v) is 1.87. The molecule has 0 fully saturated rings. The lowest BCUT2D eigenvalue weighted by molar-refractivity contribution is -0.161. The fourth-order valence-electron chi connectivity index (χ4n) is 1.87. The Hall–Kier alpha value is -2.41. The van der Waals surface area contributed by atoms with E-state index in [0.717, 1.165) is 12.5 Å². The SMILES string of the molecule is CC(=O)NC(Cc1cccc(CN)c1)(C(=O)O)C(=O)O. The van der Waals surface area contributed by atoms with Crippen LogP contribution < -0.4 is 11.1 Å². The van der Waals surface area contributed by atoms with E-state index in [2.05, 4.69) is 0 Å². The van der Waals surface area contributed by atoms with Gasteiger partial charge in [0.25, 0.3) is 0 Å². The predicted molar refractivity (Wildman–Crippen MR) is 69.9 cm³/mol. The van der Waals surface area contributed by atoms with Crippen molar-refractivity contribution in [2.75, 3.05) is 0 Å². The first kappa shape index (κ1) is 15.6. The number of carboxylic acid groups (broad SMARTS) is 2. The topological polar surface area (TPSA) is 130 Å². The zero-order valence-corrected chi connectivity index (χ0v) is 10.9. The molecule has 0 aliphatic carbocycles. The predicted octanol–water partition coefficient (Wildman–Crippen LogP) is -0.268. The number of hydrogen-bond donors (Lipinski definition) is 4. The average molecular weight is 280 g/mol. The van der Waals surface area contributed by atoms with Crippen molar-refractivity contribution in [3.05, 3.63) is 35.4 Å². The fraction of sp³-hybridized carbons (Fsp3) is 0.308. The third-order valence-corrected chi connectivity index (χ3v) is 2.82. The molecule has 1 aromatic rings. The molecule has 0 saturated carbocycles. The maximum absolute atomic E-state index is 11.3. The Kier molecular flexibility index (Phi) is 4.82. The standard InChI is InChI=1S/C13H16N2O5/c1-8(16)15-13(11(17)18,12(19)20)6-9-3-2-4-10(5-9)7-14/h2-5H,6-7,14H2,1H3,(H,15,16)(H,17,18)(H,19,20). The second kappa shape index (κ2) is 6.16. The quantitative estimate of drug-likeness (QED) is 0.531. The van der Waals surface area contributed by atoms with Crippen LogP contribution in [0.25, 0.3) is 0 Å². The number of carbonyl (C=O) groups is 3. The van der Waals surface area contributed by atoms with Gasteiger partial charge in [-0.05, 0) is 11.1 Å². The van der Waals surface area contributed by atoms with E-state index in [1.165, 1.54) is 0 Å². The van der Waals surface area contributed by atoms with Gasteiger partial charge in [0.15, 0.2) is 0 Å². The molecule has 1 aromatic carbocycles. The van der Waals surface area contributed by atoms with Crippen molar-refractivity contribution in [2.45, 2.75) is 25.4 Å². The van der Waals surface area contributed by atoms with E-state index < -0.39 is 23.4 Å². The van der Waals surface area contributed by atoms with Crippen LogP contribution in [0, 0.1) is 0 Å². The molecule has 20 heavy (non-hydrogen) atoms. The molecular weight excluding hydrogens is 264 g/mol. The summed E-state index contributed by atoms with van der Waals surface area (Å²) in [5.74, 6) is -3.98. The minimum absolute atomic E-state index is 0.251. The van der Waals surface area contributed by atoms with Gasteiger partial charge in [-0.3, -0.25) is 4.79 Å². The number of aliphatic carboxylic acids is 2. The summed E-state index contributed by atoms with van der Waals surface area (Å²) >= 11 is 0. The summed E-state index contributed by atoms with van der Waals surface area (Å²) in [5.41, 5.74) is 4.30. The summed E-state index contributed by atoms with van der Waals surface area (Å²) in [5, 5.41) is 20.4. The van der Waals surface area contributed by atoms with Crippen LogP contribution in [-0.2, 0) is 27.3 Å². The molecule has 0 aromatic heterocycles. The van der Waals surface area contributed by atoms with Gasteiger partial charge in [0.1, 0.15) is 0 Å². The third kappa shape index (κ3) is 3.33. The van der Waals surface area contributed by atoms with Gasteiger partial charge in [0.2, 0.25) is 11.4 Å². The third-order valence-electron chi connectivity index (χ3n) is 2.82. The Morgan fingerprint density at radius 2 is 1.75 bits per heavy atom. The van der Waals surface area contributed by atoms with E-state index in [4.69, 9.17) is 5.73 Å². The van der Waals surface area contributed by atoms with E-state index in [0.29, 0.717) is 5.56 Å². The van der Waals surface area contributed by atoms with Crippen molar-refractivity contribution in [3.63, 3.8) is 0 Å². The second-order valence-electron chi connectivity index (χ2n) is 4.40. The summed E-state index contributed by atoms with van der Waals surface area (Å²) < 4.78 is 0. The Morgan fingerprint density at radius 1 is 1.20 bits per heavy atom. The van der Waals surface area contributed by atoms with Crippen LogP contribution in [0.4, 0.5) is 0 Å². The molecule has 0 spiro atoms. The molecule has 7 nitrogen and oxygen atoms in total. The summed E-state index contributed by atoms with van der Waals surface area (Å²) in [7, 11) is 0. The average Bonchev–Trinajstić information content (AvgIpc) is 2.37. The van der Waals surface area contributed by atoms with E-state index in [1.807, 2.05) is 5.32 Å². The first-order valence-corrected chi connectivity index (χ1v) is 5.85. The van der Waals surface area contributed by atoms with Gasteiger partial charge in [0.05, 0.1) is 0 Å². The molecule has 0 atom stereocenters. The largest absolute Gasteiger partial charge is 0.479 e. The van der Waals surface area contributed by atoms with E-state index in [-0.39, 0.29) is 13.0 Å². The monoisotopic (exact) mass is 280 g/mol. The molecule has 0 saturated heterocycles. The molecular formula is C13H16N2O5. The van der Waals surface area contributed by atoms with Crippen LogP contribution in [0.3, 0.4) is 0 Å². The lowest BCUT2D eigenvalue weighted by Crippen LogP contribution is -2.61. The number of benzene rings is 1. The normalized spacial score (nSPS) is 10.9. The smallest absolute Gasteiger partial charge is 0.341 e. The maximum Gasteiger partial charge on any atom is 0.341 e. The lowest BCUT2D eigenvalue weighted by atomic mass is 9.90. The summed E-state index contributed by atoms with van der Waals surface area (Å²) in [4.78, 5) is 33.8. The van der Waals surface area contributed by atoms with Gasteiger partial charge in [-0.2, -0.15) is 0 Å². The molecule has 0 aliphatic rings. The zero-order chi connectivity index (χ0) is 15.3. The number of amides is 1. The van der Waals surface area contributed by atoms with Crippen LogP contribution in [0.15, 0.2) is 24.3 Å². The van der Waals surface area contributed by atoms with Crippen molar-refractivity contribution < 1.29 is 24.6 Å². The number of hydrogen-bond acceptors (Lipinski definition) is 4. The molecule has 0 radical (unpaired) electrons. The molecule has 1 rings (SSSR count). The molecule has 0 bridgehead atoms. The number of nitrogens with two attached hydrogens (primary N) is 1. The Bertz CT molecular complexity index is 527. The van der Waals surface area contributed by atoms with Crippen LogP contribution in [0.2, 0.25) is 0 Å². The van der Waals surface area contributed by atoms with E-state index >= 15 is 0 Å². The van der Waals surface area contributed by atoms with Crippen molar-refractivity contribution in [3.8, 4) is 0 Å². The molecule has 1 amide bonds. The van der Waals surface area contributed by atoms with Crippen molar-refractivity contribution >= 4 is 17.8 Å². The van der Waals surface area contributed by atoms with Crippen LogP contribution in [0.5, 0.6) is 0 Å². The van der Waals surface area contributed by atoms with Gasteiger partial charge in [-0.25, -0.2) is 9.59 Å². The number of carbonyl (C=O) groups excluding carboxylic acids is 1. The zero-order valence-electron chi connectivity index (χ0n) is 10.9. The van der Waals surface area contributed by atoms with Gasteiger partial charge in [0, 0.05) is 19.9 Å². The maximum atomic E-state index is 11.3. The van der Waals surface area contributed by atoms with E-state index in [1.54, 1.807) is 24.3 Å². The minimum atomic E-state index is -2.39. The summed E-state index contributed by atoms with van der Waals surface area (Å²) in [6.45, 7) is 1.32. The van der Waals surface area contributed by atoms with Gasteiger partial charge in [-0.15, -0.1) is 0 Å². The molecule has 0 heterocycles. The summed E-state index contributed by atoms with van der Waals surface area (Å²) in [6.07, 6.45) is -0.370. The van der Waals surface area contributed by atoms with Crippen LogP contribution in [-0.4, -0.2) is 33.6 Å². The van der Waals surface area contributed by atoms with Gasteiger partial charge >= 0.3 is 11.9 Å². The van der Waals surface area contributed by atoms with Crippen molar-refractivity contribution in [1.82, 2.24) is 5.32 Å². The van der Waals surface area contributed by atoms with Crippen LogP contribution in [0.1, 0.15) is 18.1 Å². The molecule has 7 heteroatoms. The number of nitrogens with one attached hydrogen (secondary N) is 1. The van der Waals surface area contributed by atoms with Crippen molar-refractivity contribution in [1.29, 1.82) is 0 Å². The summed E-state index contributed by atoms with van der Waals surface area (Å²) in [6, 6.07) is 6.59. The van der Waals surface area contributed by atoms with Crippen molar-refractivity contribution in [2.24, 2.45) is 5.73 Å². The first-order valence-electron chi connectivity index (χ1n) is 5.85. The highest BCUT2D eigenvalue weighted by Crippen LogP contribution is 2.16. The first-order chi connectivity index (χ1) is 9.31. The number of carboxylic acids is 2. The molecule has 5 N–H and O–H groups in total. The van der Waals surface area contributed by atoms with Gasteiger partial charge < -0.3 is 21.3 Å². The highest BCUT2D eigenvalue weighted by atomic mass is 16.4. The number of rotatable bonds is 6. The van der Waals surface area contributed by atoms with E-state index in [9.17, 15) is 24.6 Å². The van der Waals surface area contributed by atoms with Gasteiger partial charge in [-0.1, -0.05) is 24.3 Å². The molecule has 108 valence electrons. The molecule has 0 aliphatic heterocycles. The lowest BCUT2D eigenvalue weighted by Gasteiger charge is -2.25. The van der Waals surface area contributed by atoms with Crippen LogP contribution >= 0.6 is 0 Å². The highest BCUT2D eigenvalue weighted by molar-refractivity contribution is 6.06. The molecule has 0 unspecified atom stereocenters. The Balaban J connectivity index is 3.20. The highest BCUT2D eigenvalue weighted by Gasteiger charge is 2.47. The Morgan fingerprint density at radius 3 is 2.20 bits per heavy atom. The minimum Gasteiger partial charge on any atom is -0.479 e. The second-order valence-corrected chi connectivity index (χ2v) is 4.40.